The number of aliphatic hydroxyl groups excluding tert-OH is 1. The van der Waals surface area contributed by atoms with Crippen LogP contribution in [0.1, 0.15) is 17.2 Å². The van der Waals surface area contributed by atoms with Gasteiger partial charge in [-0.2, -0.15) is 0 Å². The third-order valence-corrected chi connectivity index (χ3v) is 2.84. The SMILES string of the molecule is COc1ccc(C(O)c2ccccc2)cc1OC. The van der Waals surface area contributed by atoms with Crippen LogP contribution >= 0.6 is 0 Å². The van der Waals surface area contributed by atoms with E-state index in [0.717, 1.165) is 11.1 Å². The molecule has 1 N–H and O–H groups in total. The molecule has 2 aromatic carbocycles. The Balaban J connectivity index is 2.34. The molecule has 1 atom stereocenters. The van der Waals surface area contributed by atoms with Gasteiger partial charge in [0.15, 0.2) is 11.5 Å². The molecule has 0 aromatic heterocycles. The lowest BCUT2D eigenvalue weighted by molar-refractivity contribution is 0.219. The Hall–Kier alpha value is -2.00. The van der Waals surface area contributed by atoms with Crippen molar-refractivity contribution in [2.45, 2.75) is 6.10 Å². The van der Waals surface area contributed by atoms with E-state index in [2.05, 4.69) is 0 Å². The van der Waals surface area contributed by atoms with E-state index in [1.807, 2.05) is 36.4 Å². The number of aliphatic hydroxyl groups is 1. The van der Waals surface area contributed by atoms with E-state index in [0.29, 0.717) is 11.5 Å². The Kier molecular flexibility index (Phi) is 3.85. The quantitative estimate of drug-likeness (QED) is 0.898. The van der Waals surface area contributed by atoms with Crippen LogP contribution in [0.2, 0.25) is 0 Å². The van der Waals surface area contributed by atoms with Crippen molar-refractivity contribution in [3.05, 3.63) is 59.7 Å². The van der Waals surface area contributed by atoms with Gasteiger partial charge in [-0.1, -0.05) is 36.4 Å². The van der Waals surface area contributed by atoms with E-state index in [4.69, 9.17) is 9.47 Å². The van der Waals surface area contributed by atoms with Gasteiger partial charge >= 0.3 is 0 Å². The predicted octanol–water partition coefficient (Wildman–Crippen LogP) is 2.79. The molecule has 0 aliphatic rings. The first-order chi connectivity index (χ1) is 8.76. The molecule has 0 spiro atoms. The van der Waals surface area contributed by atoms with E-state index in [-0.39, 0.29) is 0 Å². The van der Waals surface area contributed by atoms with Crippen molar-refractivity contribution in [2.75, 3.05) is 14.2 Å². The highest BCUT2D eigenvalue weighted by molar-refractivity contribution is 5.45. The number of hydrogen-bond donors (Lipinski definition) is 1. The molecule has 0 fully saturated rings. The van der Waals surface area contributed by atoms with Crippen molar-refractivity contribution < 1.29 is 14.6 Å². The average Bonchev–Trinajstić information content (AvgIpc) is 2.46. The summed E-state index contributed by atoms with van der Waals surface area (Å²) in [6.45, 7) is 0. The molecule has 0 saturated heterocycles. The van der Waals surface area contributed by atoms with Crippen molar-refractivity contribution in [1.82, 2.24) is 0 Å². The molecule has 0 aliphatic carbocycles. The minimum atomic E-state index is -0.661. The fraction of sp³-hybridized carbons (Fsp3) is 0.200. The van der Waals surface area contributed by atoms with Gasteiger partial charge in [-0.15, -0.1) is 0 Å². The van der Waals surface area contributed by atoms with Crippen molar-refractivity contribution in [3.8, 4) is 11.5 Å². The van der Waals surface area contributed by atoms with Crippen LogP contribution in [0.15, 0.2) is 48.5 Å². The normalized spacial score (nSPS) is 11.9. The zero-order chi connectivity index (χ0) is 13.0. The molecule has 0 heterocycles. The van der Waals surface area contributed by atoms with Crippen molar-refractivity contribution in [2.24, 2.45) is 0 Å². The molecule has 0 aliphatic heterocycles. The van der Waals surface area contributed by atoms with Gasteiger partial charge in [0.1, 0.15) is 6.10 Å². The molecule has 94 valence electrons. The van der Waals surface area contributed by atoms with Gasteiger partial charge in [0.2, 0.25) is 0 Å². The maximum atomic E-state index is 10.3. The van der Waals surface area contributed by atoms with Crippen LogP contribution in [-0.2, 0) is 0 Å². The Bertz CT molecular complexity index is 508. The zero-order valence-corrected chi connectivity index (χ0v) is 10.5. The van der Waals surface area contributed by atoms with Gasteiger partial charge in [0.25, 0.3) is 0 Å². The third kappa shape index (κ3) is 2.46. The summed E-state index contributed by atoms with van der Waals surface area (Å²) in [7, 11) is 3.17. The average molecular weight is 244 g/mol. The number of hydrogen-bond acceptors (Lipinski definition) is 3. The summed E-state index contributed by atoms with van der Waals surface area (Å²) in [5, 5.41) is 10.3. The second kappa shape index (κ2) is 5.56. The first-order valence-corrected chi connectivity index (χ1v) is 5.71. The Labute approximate surface area is 107 Å². The molecule has 0 amide bonds. The molecule has 0 bridgehead atoms. The molecule has 0 saturated carbocycles. The predicted molar refractivity (Wildman–Crippen MR) is 70.0 cm³/mol. The Morgan fingerprint density at radius 2 is 1.50 bits per heavy atom. The minimum absolute atomic E-state index is 0.616. The summed E-state index contributed by atoms with van der Waals surface area (Å²) in [5.74, 6) is 1.27. The fourth-order valence-corrected chi connectivity index (χ4v) is 1.85. The number of benzene rings is 2. The number of methoxy groups -OCH3 is 2. The first kappa shape index (κ1) is 12.5. The van der Waals surface area contributed by atoms with Gasteiger partial charge in [-0.05, 0) is 23.3 Å². The van der Waals surface area contributed by atoms with Crippen molar-refractivity contribution >= 4 is 0 Å². The van der Waals surface area contributed by atoms with Crippen LogP contribution in [0.5, 0.6) is 11.5 Å². The minimum Gasteiger partial charge on any atom is -0.493 e. The lowest BCUT2D eigenvalue weighted by Crippen LogP contribution is -2.00. The molecule has 2 aromatic rings. The van der Waals surface area contributed by atoms with E-state index in [1.165, 1.54) is 0 Å². The molecule has 18 heavy (non-hydrogen) atoms. The van der Waals surface area contributed by atoms with Crippen molar-refractivity contribution in [3.63, 3.8) is 0 Å². The topological polar surface area (TPSA) is 38.7 Å². The van der Waals surface area contributed by atoms with E-state index >= 15 is 0 Å². The van der Waals surface area contributed by atoms with Crippen LogP contribution < -0.4 is 9.47 Å². The number of ether oxygens (including phenoxy) is 2. The molecule has 0 radical (unpaired) electrons. The smallest absolute Gasteiger partial charge is 0.161 e. The summed E-state index contributed by atoms with van der Waals surface area (Å²) in [5.41, 5.74) is 1.63. The summed E-state index contributed by atoms with van der Waals surface area (Å²) in [6.07, 6.45) is -0.661. The second-order valence-corrected chi connectivity index (χ2v) is 3.93. The van der Waals surface area contributed by atoms with Gasteiger partial charge in [0.05, 0.1) is 14.2 Å². The first-order valence-electron chi connectivity index (χ1n) is 5.71. The summed E-state index contributed by atoms with van der Waals surface area (Å²) in [4.78, 5) is 0. The molecule has 2 rings (SSSR count). The maximum absolute atomic E-state index is 10.3. The van der Waals surface area contributed by atoms with Crippen LogP contribution in [0.25, 0.3) is 0 Å². The Morgan fingerprint density at radius 3 is 2.11 bits per heavy atom. The van der Waals surface area contributed by atoms with Crippen LogP contribution in [-0.4, -0.2) is 19.3 Å². The largest absolute Gasteiger partial charge is 0.493 e. The van der Waals surface area contributed by atoms with E-state index in [1.54, 1.807) is 26.4 Å². The monoisotopic (exact) mass is 244 g/mol. The standard InChI is InChI=1S/C15H16O3/c1-17-13-9-8-12(10-14(13)18-2)15(16)11-6-4-3-5-7-11/h3-10,15-16H,1-2H3. The zero-order valence-electron chi connectivity index (χ0n) is 10.5. The van der Waals surface area contributed by atoms with Crippen molar-refractivity contribution in [1.29, 1.82) is 0 Å². The highest BCUT2D eigenvalue weighted by Gasteiger charge is 2.13. The highest BCUT2D eigenvalue weighted by Crippen LogP contribution is 2.31. The lowest BCUT2D eigenvalue weighted by atomic mass is 10.0. The van der Waals surface area contributed by atoms with E-state index in [9.17, 15) is 5.11 Å². The Morgan fingerprint density at radius 1 is 0.833 bits per heavy atom. The molecule has 3 nitrogen and oxygen atoms in total. The van der Waals surface area contributed by atoms with Crippen LogP contribution in [0.3, 0.4) is 0 Å². The van der Waals surface area contributed by atoms with Gasteiger partial charge < -0.3 is 14.6 Å². The summed E-state index contributed by atoms with van der Waals surface area (Å²) in [6, 6.07) is 14.9. The molecule has 3 heteroatoms. The third-order valence-electron chi connectivity index (χ3n) is 2.84. The lowest BCUT2D eigenvalue weighted by Gasteiger charge is -2.14. The van der Waals surface area contributed by atoms with Gasteiger partial charge in [-0.3, -0.25) is 0 Å². The van der Waals surface area contributed by atoms with Crippen LogP contribution in [0, 0.1) is 0 Å². The molecular weight excluding hydrogens is 228 g/mol. The van der Waals surface area contributed by atoms with Crippen LogP contribution in [0.4, 0.5) is 0 Å². The second-order valence-electron chi connectivity index (χ2n) is 3.93. The summed E-state index contributed by atoms with van der Waals surface area (Å²) >= 11 is 0. The molecule has 1 unspecified atom stereocenters. The highest BCUT2D eigenvalue weighted by atomic mass is 16.5. The maximum Gasteiger partial charge on any atom is 0.161 e. The number of rotatable bonds is 4. The fourth-order valence-electron chi connectivity index (χ4n) is 1.85. The summed E-state index contributed by atoms with van der Waals surface area (Å²) < 4.78 is 10.4. The van der Waals surface area contributed by atoms with Gasteiger partial charge in [-0.25, -0.2) is 0 Å². The van der Waals surface area contributed by atoms with Gasteiger partial charge in [0, 0.05) is 0 Å². The molecular formula is C15H16O3. The van der Waals surface area contributed by atoms with E-state index < -0.39 is 6.10 Å².